The van der Waals surface area contributed by atoms with Gasteiger partial charge < -0.3 is 14.9 Å². The number of hydrogen-bond donors (Lipinski definition) is 1. The molecular formula is C13H20N2O3S. The summed E-state index contributed by atoms with van der Waals surface area (Å²) in [5.74, 6) is -1.19. The molecule has 0 saturated heterocycles. The quantitative estimate of drug-likeness (QED) is 0.859. The number of aliphatic carboxylic acids is 1. The highest BCUT2D eigenvalue weighted by molar-refractivity contribution is 7.14. The molecular weight excluding hydrogens is 264 g/mol. The van der Waals surface area contributed by atoms with Gasteiger partial charge in [-0.2, -0.15) is 0 Å². The van der Waals surface area contributed by atoms with Crippen molar-refractivity contribution in [1.29, 1.82) is 0 Å². The van der Waals surface area contributed by atoms with Crippen molar-refractivity contribution in [2.45, 2.75) is 13.8 Å². The van der Waals surface area contributed by atoms with Crippen molar-refractivity contribution in [3.8, 4) is 0 Å². The Morgan fingerprint density at radius 3 is 2.32 bits per heavy atom. The molecule has 1 aromatic heterocycles. The number of carboxylic acids is 1. The van der Waals surface area contributed by atoms with Crippen LogP contribution in [-0.4, -0.2) is 60.5 Å². The van der Waals surface area contributed by atoms with Gasteiger partial charge in [-0.1, -0.05) is 0 Å². The average molecular weight is 284 g/mol. The number of hydrogen-bond acceptors (Lipinski definition) is 4. The molecule has 0 atom stereocenters. The number of thiophene rings is 1. The van der Waals surface area contributed by atoms with Gasteiger partial charge in [-0.05, 0) is 39.6 Å². The minimum absolute atomic E-state index is 0.203. The first-order chi connectivity index (χ1) is 8.81. The Bertz CT molecular complexity index is 449. The number of rotatable bonds is 6. The van der Waals surface area contributed by atoms with Crippen LogP contribution < -0.4 is 0 Å². The van der Waals surface area contributed by atoms with E-state index in [9.17, 15) is 9.59 Å². The van der Waals surface area contributed by atoms with Gasteiger partial charge in [0.1, 0.15) is 6.54 Å². The normalized spacial score (nSPS) is 10.8. The van der Waals surface area contributed by atoms with Crippen LogP contribution in [0.15, 0.2) is 6.07 Å². The predicted molar refractivity (Wildman–Crippen MR) is 75.9 cm³/mol. The van der Waals surface area contributed by atoms with Gasteiger partial charge in [0.2, 0.25) is 0 Å². The topological polar surface area (TPSA) is 60.9 Å². The Hall–Kier alpha value is -1.40. The zero-order valence-electron chi connectivity index (χ0n) is 11.8. The van der Waals surface area contributed by atoms with Crippen LogP contribution in [0, 0.1) is 13.8 Å². The van der Waals surface area contributed by atoms with Crippen LogP contribution in [0.3, 0.4) is 0 Å². The first-order valence-electron chi connectivity index (χ1n) is 6.04. The minimum Gasteiger partial charge on any atom is -0.480 e. The van der Waals surface area contributed by atoms with Crippen LogP contribution in [-0.2, 0) is 4.79 Å². The van der Waals surface area contributed by atoms with Crippen molar-refractivity contribution in [3.63, 3.8) is 0 Å². The first kappa shape index (κ1) is 15.7. The Balaban J connectivity index is 2.83. The molecule has 0 aliphatic rings. The smallest absolute Gasteiger partial charge is 0.323 e. The van der Waals surface area contributed by atoms with Crippen LogP contribution in [0.1, 0.15) is 20.1 Å². The van der Waals surface area contributed by atoms with Gasteiger partial charge in [-0.3, -0.25) is 9.59 Å². The number of carboxylic acid groups (broad SMARTS) is 1. The Morgan fingerprint density at radius 2 is 1.89 bits per heavy atom. The van der Waals surface area contributed by atoms with E-state index in [0.717, 1.165) is 10.4 Å². The van der Waals surface area contributed by atoms with Gasteiger partial charge >= 0.3 is 5.97 Å². The summed E-state index contributed by atoms with van der Waals surface area (Å²) in [5.41, 5.74) is 1.07. The number of likely N-dealkylation sites (N-methyl/N-ethyl adjacent to an activating group) is 1. The molecule has 5 nitrogen and oxygen atoms in total. The molecule has 0 aliphatic heterocycles. The third-order valence-electron chi connectivity index (χ3n) is 2.81. The largest absolute Gasteiger partial charge is 0.480 e. The summed E-state index contributed by atoms with van der Waals surface area (Å²) in [4.78, 5) is 28.2. The lowest BCUT2D eigenvalue weighted by atomic mass is 10.2. The maximum Gasteiger partial charge on any atom is 0.323 e. The highest BCUT2D eigenvalue weighted by Crippen LogP contribution is 2.22. The predicted octanol–water partition coefficient (Wildman–Crippen LogP) is 1.45. The molecule has 19 heavy (non-hydrogen) atoms. The Kier molecular flexibility index (Phi) is 5.50. The lowest BCUT2D eigenvalue weighted by molar-refractivity contribution is -0.137. The molecule has 1 heterocycles. The molecule has 1 N–H and O–H groups in total. The lowest BCUT2D eigenvalue weighted by Crippen LogP contribution is -2.39. The van der Waals surface area contributed by atoms with E-state index < -0.39 is 5.97 Å². The van der Waals surface area contributed by atoms with E-state index >= 15 is 0 Å². The van der Waals surface area contributed by atoms with Crippen molar-refractivity contribution in [2.24, 2.45) is 0 Å². The summed E-state index contributed by atoms with van der Waals surface area (Å²) >= 11 is 1.41. The van der Waals surface area contributed by atoms with Gasteiger partial charge in [-0.25, -0.2) is 0 Å². The van der Waals surface area contributed by atoms with Crippen LogP contribution in [0.2, 0.25) is 0 Å². The molecule has 1 rings (SSSR count). The molecule has 0 saturated carbocycles. The average Bonchev–Trinajstić information content (AvgIpc) is 2.63. The monoisotopic (exact) mass is 284 g/mol. The Morgan fingerprint density at radius 1 is 1.26 bits per heavy atom. The van der Waals surface area contributed by atoms with E-state index in [1.54, 1.807) is 0 Å². The number of aryl methyl sites for hydroxylation is 2. The summed E-state index contributed by atoms with van der Waals surface area (Å²) in [6.45, 7) is 4.70. The summed E-state index contributed by atoms with van der Waals surface area (Å²) in [6.07, 6.45) is 0. The molecule has 0 aliphatic carbocycles. The summed E-state index contributed by atoms with van der Waals surface area (Å²) < 4.78 is 0. The molecule has 106 valence electrons. The van der Waals surface area contributed by atoms with Gasteiger partial charge in [0.15, 0.2) is 0 Å². The highest BCUT2D eigenvalue weighted by atomic mass is 32.1. The van der Waals surface area contributed by atoms with Crippen LogP contribution in [0.25, 0.3) is 0 Å². The Labute approximate surface area is 117 Å². The molecule has 0 bridgehead atoms. The van der Waals surface area contributed by atoms with Gasteiger partial charge in [0.25, 0.3) is 5.91 Å². The molecule has 1 aromatic rings. The molecule has 6 heteroatoms. The maximum atomic E-state index is 12.3. The van der Waals surface area contributed by atoms with E-state index in [4.69, 9.17) is 5.11 Å². The molecule has 0 radical (unpaired) electrons. The fourth-order valence-electron chi connectivity index (χ4n) is 1.57. The second-order valence-corrected chi connectivity index (χ2v) is 6.03. The highest BCUT2D eigenvalue weighted by Gasteiger charge is 2.20. The minimum atomic E-state index is -0.989. The van der Waals surface area contributed by atoms with E-state index in [1.807, 2.05) is 38.9 Å². The van der Waals surface area contributed by atoms with Gasteiger partial charge in [0, 0.05) is 18.0 Å². The van der Waals surface area contributed by atoms with E-state index in [-0.39, 0.29) is 12.5 Å². The number of nitrogens with zero attached hydrogens (tertiary/aromatic N) is 2. The molecule has 0 spiro atoms. The first-order valence-corrected chi connectivity index (χ1v) is 6.85. The maximum absolute atomic E-state index is 12.3. The fourth-order valence-corrected chi connectivity index (χ4v) is 2.57. The van der Waals surface area contributed by atoms with Crippen LogP contribution in [0.4, 0.5) is 0 Å². The SMILES string of the molecule is Cc1cc(C(=O)N(CCN(C)C)CC(=O)O)sc1C. The zero-order chi connectivity index (χ0) is 14.6. The molecule has 0 aromatic carbocycles. The molecule has 0 fully saturated rings. The summed E-state index contributed by atoms with van der Waals surface area (Å²) in [7, 11) is 3.78. The van der Waals surface area contributed by atoms with Gasteiger partial charge in [-0.15, -0.1) is 11.3 Å². The van der Waals surface area contributed by atoms with Crippen LogP contribution in [0.5, 0.6) is 0 Å². The third-order valence-corrected chi connectivity index (χ3v) is 3.95. The van der Waals surface area contributed by atoms with E-state index in [1.165, 1.54) is 16.2 Å². The van der Waals surface area contributed by atoms with Crippen LogP contribution >= 0.6 is 11.3 Å². The lowest BCUT2D eigenvalue weighted by Gasteiger charge is -2.22. The van der Waals surface area contributed by atoms with Crippen molar-refractivity contribution >= 4 is 23.2 Å². The third kappa shape index (κ3) is 4.65. The van der Waals surface area contributed by atoms with Crippen molar-refractivity contribution in [3.05, 3.63) is 21.4 Å². The van der Waals surface area contributed by atoms with E-state index in [0.29, 0.717) is 18.0 Å². The van der Waals surface area contributed by atoms with E-state index in [2.05, 4.69) is 0 Å². The van der Waals surface area contributed by atoms with Crippen molar-refractivity contribution in [2.75, 3.05) is 33.7 Å². The fraction of sp³-hybridized carbons (Fsp3) is 0.538. The van der Waals surface area contributed by atoms with Gasteiger partial charge in [0.05, 0.1) is 4.88 Å². The molecule has 0 unspecified atom stereocenters. The number of carbonyl (C=O) groups excluding carboxylic acids is 1. The molecule has 1 amide bonds. The van der Waals surface area contributed by atoms with Crippen molar-refractivity contribution in [1.82, 2.24) is 9.80 Å². The second kappa shape index (κ2) is 6.68. The summed E-state index contributed by atoms with van der Waals surface area (Å²) in [5, 5.41) is 8.90. The van der Waals surface area contributed by atoms with Crippen molar-refractivity contribution < 1.29 is 14.7 Å². The zero-order valence-corrected chi connectivity index (χ0v) is 12.6. The number of amides is 1. The number of carbonyl (C=O) groups is 2. The standard InChI is InChI=1S/C13H20N2O3S/c1-9-7-11(19-10(9)2)13(18)15(8-12(16)17)6-5-14(3)4/h7H,5-6,8H2,1-4H3,(H,16,17). The summed E-state index contributed by atoms with van der Waals surface area (Å²) in [6, 6.07) is 1.83. The second-order valence-electron chi connectivity index (χ2n) is 4.77.